The van der Waals surface area contributed by atoms with E-state index in [-0.39, 0.29) is 17.5 Å². The molecule has 0 unspecified atom stereocenters. The summed E-state index contributed by atoms with van der Waals surface area (Å²) in [6.45, 7) is 11.9. The van der Waals surface area contributed by atoms with E-state index in [4.69, 9.17) is 4.74 Å². The van der Waals surface area contributed by atoms with Crippen LogP contribution in [0, 0.1) is 10.8 Å². The predicted molar refractivity (Wildman–Crippen MR) is 74.2 cm³/mol. The van der Waals surface area contributed by atoms with Crippen LogP contribution in [0.2, 0.25) is 0 Å². The SMILES string of the molecule is CC(C)(C)C(=O)O[C@H](c1ccccc1)C(C)(C)C. The summed E-state index contributed by atoms with van der Waals surface area (Å²) in [6.07, 6.45) is -0.217. The molecule has 0 radical (unpaired) electrons. The maximum Gasteiger partial charge on any atom is 0.311 e. The highest BCUT2D eigenvalue weighted by Crippen LogP contribution is 2.37. The average molecular weight is 248 g/mol. The molecule has 18 heavy (non-hydrogen) atoms. The van der Waals surface area contributed by atoms with Gasteiger partial charge in [0.1, 0.15) is 6.10 Å². The standard InChI is InChI=1S/C16H24O2/c1-15(2,3)13(12-10-8-7-9-11-12)18-14(17)16(4,5)6/h7-11,13H,1-6H3/t13-/m1/s1. The lowest BCUT2D eigenvalue weighted by atomic mass is 9.84. The van der Waals surface area contributed by atoms with Crippen LogP contribution in [0.25, 0.3) is 0 Å². The molecule has 0 N–H and O–H groups in total. The van der Waals surface area contributed by atoms with Crippen LogP contribution in [-0.2, 0) is 9.53 Å². The van der Waals surface area contributed by atoms with Gasteiger partial charge in [-0.1, -0.05) is 51.1 Å². The topological polar surface area (TPSA) is 26.3 Å². The van der Waals surface area contributed by atoms with E-state index in [0.717, 1.165) is 5.56 Å². The molecule has 0 heterocycles. The Bertz CT molecular complexity index is 393. The van der Waals surface area contributed by atoms with Crippen molar-refractivity contribution >= 4 is 5.97 Å². The Hall–Kier alpha value is -1.31. The minimum absolute atomic E-state index is 0.123. The number of benzene rings is 1. The van der Waals surface area contributed by atoms with Gasteiger partial charge in [-0.3, -0.25) is 4.79 Å². The van der Waals surface area contributed by atoms with Gasteiger partial charge in [0.25, 0.3) is 0 Å². The number of carbonyl (C=O) groups excluding carboxylic acids is 1. The summed E-state index contributed by atoms with van der Waals surface area (Å²) >= 11 is 0. The first-order valence-electron chi connectivity index (χ1n) is 6.38. The fourth-order valence-corrected chi connectivity index (χ4v) is 1.66. The Morgan fingerprint density at radius 3 is 1.89 bits per heavy atom. The van der Waals surface area contributed by atoms with Crippen molar-refractivity contribution in [3.63, 3.8) is 0 Å². The highest BCUT2D eigenvalue weighted by atomic mass is 16.5. The largest absolute Gasteiger partial charge is 0.457 e. The molecule has 0 amide bonds. The van der Waals surface area contributed by atoms with E-state index in [1.54, 1.807) is 0 Å². The van der Waals surface area contributed by atoms with Gasteiger partial charge < -0.3 is 4.74 Å². The van der Waals surface area contributed by atoms with E-state index in [2.05, 4.69) is 20.8 Å². The average Bonchev–Trinajstić information content (AvgIpc) is 2.23. The van der Waals surface area contributed by atoms with Crippen LogP contribution in [0.3, 0.4) is 0 Å². The van der Waals surface area contributed by atoms with E-state index in [1.807, 2.05) is 51.1 Å². The van der Waals surface area contributed by atoms with Crippen LogP contribution in [-0.4, -0.2) is 5.97 Å². The molecular weight excluding hydrogens is 224 g/mol. The third kappa shape index (κ3) is 3.86. The van der Waals surface area contributed by atoms with Gasteiger partial charge in [0, 0.05) is 5.41 Å². The zero-order chi connectivity index (χ0) is 14.0. The molecule has 0 aliphatic heterocycles. The van der Waals surface area contributed by atoms with E-state index in [9.17, 15) is 4.79 Å². The molecule has 1 atom stereocenters. The van der Waals surface area contributed by atoms with Crippen molar-refractivity contribution < 1.29 is 9.53 Å². The molecule has 0 aliphatic carbocycles. The van der Waals surface area contributed by atoms with Crippen LogP contribution in [0.15, 0.2) is 30.3 Å². The summed E-state index contributed by atoms with van der Waals surface area (Å²) in [5, 5.41) is 0. The second kappa shape index (κ2) is 5.13. The number of rotatable bonds is 2. The maximum atomic E-state index is 12.1. The van der Waals surface area contributed by atoms with Crippen LogP contribution < -0.4 is 0 Å². The number of esters is 1. The van der Waals surface area contributed by atoms with Crippen molar-refractivity contribution in [3.8, 4) is 0 Å². The van der Waals surface area contributed by atoms with E-state index in [1.165, 1.54) is 0 Å². The molecule has 2 heteroatoms. The third-order valence-electron chi connectivity index (χ3n) is 2.73. The van der Waals surface area contributed by atoms with Gasteiger partial charge in [0.15, 0.2) is 0 Å². The van der Waals surface area contributed by atoms with Gasteiger partial charge >= 0.3 is 5.97 Å². The first-order chi connectivity index (χ1) is 8.12. The fourth-order valence-electron chi connectivity index (χ4n) is 1.66. The van der Waals surface area contributed by atoms with E-state index >= 15 is 0 Å². The molecule has 0 saturated carbocycles. The Kier molecular flexibility index (Phi) is 4.20. The molecule has 0 spiro atoms. The number of hydrogen-bond donors (Lipinski definition) is 0. The smallest absolute Gasteiger partial charge is 0.311 e. The molecular formula is C16H24O2. The van der Waals surface area contributed by atoms with Crippen LogP contribution in [0.4, 0.5) is 0 Å². The number of hydrogen-bond acceptors (Lipinski definition) is 2. The lowest BCUT2D eigenvalue weighted by Gasteiger charge is -2.32. The van der Waals surface area contributed by atoms with Crippen LogP contribution >= 0.6 is 0 Å². The van der Waals surface area contributed by atoms with Gasteiger partial charge in [-0.05, 0) is 26.3 Å². The summed E-state index contributed by atoms with van der Waals surface area (Å²) in [7, 11) is 0. The first kappa shape index (κ1) is 14.7. The summed E-state index contributed by atoms with van der Waals surface area (Å²) in [6, 6.07) is 9.92. The molecule has 0 aliphatic rings. The second-order valence-electron chi connectivity index (χ2n) is 6.81. The highest BCUT2D eigenvalue weighted by Gasteiger charge is 2.33. The van der Waals surface area contributed by atoms with Gasteiger partial charge in [-0.15, -0.1) is 0 Å². The van der Waals surface area contributed by atoms with Gasteiger partial charge in [-0.2, -0.15) is 0 Å². The van der Waals surface area contributed by atoms with Gasteiger partial charge in [0.05, 0.1) is 5.41 Å². The summed E-state index contributed by atoms with van der Waals surface area (Å²) in [4.78, 5) is 12.1. The normalized spacial score (nSPS) is 14.1. The lowest BCUT2D eigenvalue weighted by molar-refractivity contribution is -0.165. The molecule has 0 fully saturated rings. The zero-order valence-electron chi connectivity index (χ0n) is 12.3. The van der Waals surface area contributed by atoms with Crippen molar-refractivity contribution in [1.29, 1.82) is 0 Å². The molecule has 0 saturated heterocycles. The Balaban J connectivity index is 2.99. The molecule has 2 nitrogen and oxygen atoms in total. The molecule has 100 valence electrons. The van der Waals surface area contributed by atoms with Crippen molar-refractivity contribution in [2.75, 3.05) is 0 Å². The first-order valence-corrected chi connectivity index (χ1v) is 6.38. The zero-order valence-corrected chi connectivity index (χ0v) is 12.3. The summed E-state index contributed by atoms with van der Waals surface area (Å²) in [5.41, 5.74) is 0.447. The van der Waals surface area contributed by atoms with E-state index in [0.29, 0.717) is 0 Å². The van der Waals surface area contributed by atoms with Crippen LogP contribution in [0.1, 0.15) is 53.2 Å². The highest BCUT2D eigenvalue weighted by molar-refractivity contribution is 5.75. The molecule has 1 aromatic carbocycles. The second-order valence-corrected chi connectivity index (χ2v) is 6.81. The van der Waals surface area contributed by atoms with Gasteiger partial charge in [-0.25, -0.2) is 0 Å². The quantitative estimate of drug-likeness (QED) is 0.727. The Labute approximate surface area is 110 Å². The van der Waals surface area contributed by atoms with Crippen LogP contribution in [0.5, 0.6) is 0 Å². The minimum atomic E-state index is -0.474. The lowest BCUT2D eigenvalue weighted by Crippen LogP contribution is -2.30. The van der Waals surface area contributed by atoms with Crippen molar-refractivity contribution in [3.05, 3.63) is 35.9 Å². The van der Waals surface area contributed by atoms with Crippen molar-refractivity contribution in [1.82, 2.24) is 0 Å². The Morgan fingerprint density at radius 1 is 1.00 bits per heavy atom. The minimum Gasteiger partial charge on any atom is -0.457 e. The molecule has 0 aromatic heterocycles. The monoisotopic (exact) mass is 248 g/mol. The summed E-state index contributed by atoms with van der Waals surface area (Å²) < 4.78 is 5.73. The van der Waals surface area contributed by atoms with E-state index < -0.39 is 5.41 Å². The summed E-state index contributed by atoms with van der Waals surface area (Å²) in [5.74, 6) is -0.161. The Morgan fingerprint density at radius 2 is 1.50 bits per heavy atom. The fraction of sp³-hybridized carbons (Fsp3) is 0.562. The van der Waals surface area contributed by atoms with Crippen molar-refractivity contribution in [2.45, 2.75) is 47.6 Å². The van der Waals surface area contributed by atoms with Gasteiger partial charge in [0.2, 0.25) is 0 Å². The molecule has 0 bridgehead atoms. The van der Waals surface area contributed by atoms with Crippen molar-refractivity contribution in [2.24, 2.45) is 10.8 Å². The predicted octanol–water partition coefficient (Wildman–Crippen LogP) is 4.36. The maximum absolute atomic E-state index is 12.1. The number of carbonyl (C=O) groups is 1. The number of ether oxygens (including phenoxy) is 1. The molecule has 1 aromatic rings. The molecule has 1 rings (SSSR count). The third-order valence-corrected chi connectivity index (χ3v) is 2.73.